The topological polar surface area (TPSA) is 71.2 Å². The number of hydrogen-bond donors (Lipinski definition) is 2. The molecular weight excluding hydrogens is 286 g/mol. The lowest BCUT2D eigenvalue weighted by atomic mass is 10.2. The highest BCUT2D eigenvalue weighted by atomic mass is 79.9. The van der Waals surface area contributed by atoms with E-state index in [0.717, 1.165) is 10.0 Å². The predicted molar refractivity (Wildman–Crippen MR) is 65.4 cm³/mol. The molecule has 0 aliphatic rings. The van der Waals surface area contributed by atoms with Crippen LogP contribution in [0.1, 0.15) is 17.3 Å². The van der Waals surface area contributed by atoms with Crippen LogP contribution in [0, 0.1) is 6.92 Å². The van der Waals surface area contributed by atoms with E-state index in [4.69, 9.17) is 4.52 Å². The van der Waals surface area contributed by atoms with Gasteiger partial charge in [-0.05, 0) is 25.1 Å². The van der Waals surface area contributed by atoms with E-state index in [2.05, 4.69) is 31.4 Å². The van der Waals surface area contributed by atoms with Gasteiger partial charge in [-0.3, -0.25) is 0 Å². The van der Waals surface area contributed by atoms with Gasteiger partial charge in [0.2, 0.25) is 5.89 Å². The largest absolute Gasteiger partial charge is 0.508 e. The molecule has 0 saturated heterocycles. The summed E-state index contributed by atoms with van der Waals surface area (Å²) in [7, 11) is 0. The summed E-state index contributed by atoms with van der Waals surface area (Å²) < 4.78 is 5.89. The average Bonchev–Trinajstić information content (AvgIpc) is 2.69. The molecule has 2 rings (SSSR count). The van der Waals surface area contributed by atoms with Crippen LogP contribution in [0.15, 0.2) is 27.2 Å². The van der Waals surface area contributed by atoms with Gasteiger partial charge in [0.1, 0.15) is 5.75 Å². The Labute approximate surface area is 107 Å². The lowest BCUT2D eigenvalue weighted by Gasteiger charge is -2.05. The van der Waals surface area contributed by atoms with E-state index < -0.39 is 0 Å². The van der Waals surface area contributed by atoms with E-state index in [0.29, 0.717) is 24.8 Å². The summed E-state index contributed by atoms with van der Waals surface area (Å²) in [4.78, 5) is 4.07. The van der Waals surface area contributed by atoms with Crippen molar-refractivity contribution in [2.75, 3.05) is 0 Å². The maximum absolute atomic E-state index is 9.62. The number of nitrogens with one attached hydrogen (secondary N) is 1. The summed E-state index contributed by atoms with van der Waals surface area (Å²) >= 11 is 3.36. The molecule has 0 amide bonds. The fraction of sp³-hybridized carbons (Fsp3) is 0.273. The standard InChI is InChI=1S/C11H12BrN3O2/c1-7-14-11(17-15-7)6-13-5-8-4-9(12)2-3-10(8)16/h2-4,13,16H,5-6H2,1H3. The van der Waals surface area contributed by atoms with Crippen molar-refractivity contribution in [3.63, 3.8) is 0 Å². The first-order valence-corrected chi connectivity index (χ1v) is 5.92. The number of phenolic OH excluding ortho intramolecular Hbond substituents is 1. The molecule has 6 heteroatoms. The SMILES string of the molecule is Cc1noc(CNCc2cc(Br)ccc2O)n1. The molecule has 0 atom stereocenters. The molecule has 90 valence electrons. The summed E-state index contributed by atoms with van der Waals surface area (Å²) in [6, 6.07) is 5.31. The molecule has 0 saturated carbocycles. The fourth-order valence-corrected chi connectivity index (χ4v) is 1.82. The number of rotatable bonds is 4. The van der Waals surface area contributed by atoms with Crippen LogP contribution in [-0.4, -0.2) is 15.2 Å². The van der Waals surface area contributed by atoms with Gasteiger partial charge in [0, 0.05) is 16.6 Å². The predicted octanol–water partition coefficient (Wildman–Crippen LogP) is 2.14. The van der Waals surface area contributed by atoms with Crippen molar-refractivity contribution < 1.29 is 9.63 Å². The zero-order valence-corrected chi connectivity index (χ0v) is 10.9. The third-order valence-corrected chi connectivity index (χ3v) is 2.70. The number of benzene rings is 1. The molecule has 0 unspecified atom stereocenters. The summed E-state index contributed by atoms with van der Waals surface area (Å²) in [5.41, 5.74) is 0.815. The molecule has 1 aromatic carbocycles. The van der Waals surface area contributed by atoms with Crippen LogP contribution in [0.4, 0.5) is 0 Å². The maximum Gasteiger partial charge on any atom is 0.240 e. The van der Waals surface area contributed by atoms with Gasteiger partial charge in [-0.1, -0.05) is 21.1 Å². The van der Waals surface area contributed by atoms with Crippen molar-refractivity contribution in [3.8, 4) is 5.75 Å². The second-order valence-electron chi connectivity index (χ2n) is 3.61. The number of aromatic hydroxyl groups is 1. The van der Waals surface area contributed by atoms with Crippen molar-refractivity contribution in [1.29, 1.82) is 0 Å². The first-order valence-electron chi connectivity index (χ1n) is 5.12. The number of halogens is 1. The van der Waals surface area contributed by atoms with Crippen molar-refractivity contribution in [2.24, 2.45) is 0 Å². The molecule has 5 nitrogen and oxygen atoms in total. The molecular formula is C11H12BrN3O2. The Kier molecular flexibility index (Phi) is 3.75. The minimum absolute atomic E-state index is 0.266. The highest BCUT2D eigenvalue weighted by Gasteiger charge is 2.04. The number of hydrogen-bond acceptors (Lipinski definition) is 5. The van der Waals surface area contributed by atoms with Crippen LogP contribution in [0.5, 0.6) is 5.75 Å². The summed E-state index contributed by atoms with van der Waals surface area (Å²) in [6.07, 6.45) is 0. The Morgan fingerprint density at radius 2 is 2.24 bits per heavy atom. The molecule has 0 bridgehead atoms. The van der Waals surface area contributed by atoms with Crippen LogP contribution < -0.4 is 5.32 Å². The smallest absolute Gasteiger partial charge is 0.240 e. The van der Waals surface area contributed by atoms with Gasteiger partial charge >= 0.3 is 0 Å². The first kappa shape index (κ1) is 12.1. The minimum Gasteiger partial charge on any atom is -0.508 e. The number of aryl methyl sites for hydroxylation is 1. The Balaban J connectivity index is 1.91. The van der Waals surface area contributed by atoms with Gasteiger partial charge < -0.3 is 14.9 Å². The van der Waals surface area contributed by atoms with Crippen LogP contribution in [0.25, 0.3) is 0 Å². The highest BCUT2D eigenvalue weighted by Crippen LogP contribution is 2.21. The molecule has 0 radical (unpaired) electrons. The van der Waals surface area contributed by atoms with E-state index in [-0.39, 0.29) is 5.75 Å². The molecule has 1 aromatic heterocycles. The van der Waals surface area contributed by atoms with Crippen LogP contribution in [0.2, 0.25) is 0 Å². The Morgan fingerprint density at radius 3 is 2.94 bits per heavy atom. The number of aromatic nitrogens is 2. The first-order chi connectivity index (χ1) is 8.15. The molecule has 0 aliphatic heterocycles. The third-order valence-electron chi connectivity index (χ3n) is 2.20. The second kappa shape index (κ2) is 5.29. The van der Waals surface area contributed by atoms with E-state index in [1.165, 1.54) is 0 Å². The van der Waals surface area contributed by atoms with Crippen LogP contribution in [-0.2, 0) is 13.1 Å². The quantitative estimate of drug-likeness (QED) is 0.905. The van der Waals surface area contributed by atoms with Crippen molar-refractivity contribution in [1.82, 2.24) is 15.5 Å². The fourth-order valence-electron chi connectivity index (χ4n) is 1.41. The van der Waals surface area contributed by atoms with Crippen molar-refractivity contribution in [2.45, 2.75) is 20.0 Å². The second-order valence-corrected chi connectivity index (χ2v) is 4.53. The van der Waals surface area contributed by atoms with Gasteiger partial charge in [0.05, 0.1) is 6.54 Å². The van der Waals surface area contributed by atoms with Crippen LogP contribution in [0.3, 0.4) is 0 Å². The summed E-state index contributed by atoms with van der Waals surface area (Å²) in [5.74, 6) is 1.42. The zero-order chi connectivity index (χ0) is 12.3. The zero-order valence-electron chi connectivity index (χ0n) is 9.27. The lowest BCUT2D eigenvalue weighted by Crippen LogP contribution is -2.13. The number of nitrogens with zero attached hydrogens (tertiary/aromatic N) is 2. The maximum atomic E-state index is 9.62. The summed E-state index contributed by atoms with van der Waals surface area (Å²) in [6.45, 7) is 2.78. The Hall–Kier alpha value is -1.40. The average molecular weight is 298 g/mol. The van der Waals surface area contributed by atoms with Crippen molar-refractivity contribution >= 4 is 15.9 Å². The van der Waals surface area contributed by atoms with Gasteiger partial charge in [-0.2, -0.15) is 4.98 Å². The normalized spacial score (nSPS) is 10.7. The highest BCUT2D eigenvalue weighted by molar-refractivity contribution is 9.10. The van der Waals surface area contributed by atoms with E-state index in [1.54, 1.807) is 19.1 Å². The molecule has 1 heterocycles. The molecule has 17 heavy (non-hydrogen) atoms. The molecule has 0 fully saturated rings. The van der Waals surface area contributed by atoms with Gasteiger partial charge in [0.15, 0.2) is 5.82 Å². The molecule has 0 spiro atoms. The van der Waals surface area contributed by atoms with Gasteiger partial charge in [-0.15, -0.1) is 0 Å². The monoisotopic (exact) mass is 297 g/mol. The minimum atomic E-state index is 0.266. The van der Waals surface area contributed by atoms with Gasteiger partial charge in [0.25, 0.3) is 0 Å². The van der Waals surface area contributed by atoms with E-state index in [9.17, 15) is 5.11 Å². The lowest BCUT2D eigenvalue weighted by molar-refractivity contribution is 0.363. The third kappa shape index (κ3) is 3.28. The van der Waals surface area contributed by atoms with Crippen molar-refractivity contribution in [3.05, 3.63) is 40.0 Å². The summed E-state index contributed by atoms with van der Waals surface area (Å²) in [5, 5.41) is 16.4. The molecule has 2 N–H and O–H groups in total. The molecule has 2 aromatic rings. The van der Waals surface area contributed by atoms with Gasteiger partial charge in [-0.25, -0.2) is 0 Å². The Bertz CT molecular complexity index is 513. The molecule has 0 aliphatic carbocycles. The van der Waals surface area contributed by atoms with Crippen LogP contribution >= 0.6 is 15.9 Å². The van der Waals surface area contributed by atoms with E-state index in [1.807, 2.05) is 6.07 Å². The number of phenols is 1. The van der Waals surface area contributed by atoms with E-state index >= 15 is 0 Å². The Morgan fingerprint density at radius 1 is 1.41 bits per heavy atom.